The van der Waals surface area contributed by atoms with E-state index in [-0.39, 0.29) is 5.41 Å². The summed E-state index contributed by atoms with van der Waals surface area (Å²) in [5, 5.41) is 7.01. The van der Waals surface area contributed by atoms with Gasteiger partial charge >= 0.3 is 0 Å². The second kappa shape index (κ2) is 7.26. The summed E-state index contributed by atoms with van der Waals surface area (Å²) in [4.78, 5) is 0. The fraction of sp³-hybridized carbons (Fsp3) is 0.333. The van der Waals surface area contributed by atoms with Gasteiger partial charge in [0.15, 0.2) is 0 Å². The molecule has 0 fully saturated rings. The maximum atomic E-state index is 6.39. The molecule has 0 aliphatic carbocycles. The SMILES string of the molecule is Clc1ccccc1C(CBr)(CBr)CCc1ccsc1. The Morgan fingerprint density at radius 3 is 2.42 bits per heavy atom. The number of hydrogen-bond acceptors (Lipinski definition) is 1. The van der Waals surface area contributed by atoms with E-state index in [0.717, 1.165) is 28.5 Å². The molecule has 1 heterocycles. The van der Waals surface area contributed by atoms with Gasteiger partial charge in [0.25, 0.3) is 0 Å². The van der Waals surface area contributed by atoms with Crippen LogP contribution in [0.25, 0.3) is 0 Å². The summed E-state index contributed by atoms with van der Waals surface area (Å²) in [6.45, 7) is 0. The predicted octanol–water partition coefficient (Wildman–Crippen LogP) is 6.06. The van der Waals surface area contributed by atoms with Crippen LogP contribution in [-0.2, 0) is 11.8 Å². The fourth-order valence-electron chi connectivity index (χ4n) is 2.16. The Labute approximate surface area is 140 Å². The van der Waals surface area contributed by atoms with Gasteiger partial charge in [-0.15, -0.1) is 0 Å². The van der Waals surface area contributed by atoms with Crippen LogP contribution in [0.5, 0.6) is 0 Å². The minimum absolute atomic E-state index is 0.0419. The maximum absolute atomic E-state index is 6.39. The summed E-state index contributed by atoms with van der Waals surface area (Å²) < 4.78 is 0. The first-order valence-corrected chi connectivity index (χ1v) is 9.66. The molecule has 0 saturated carbocycles. The van der Waals surface area contributed by atoms with Crippen LogP contribution in [0.4, 0.5) is 0 Å². The van der Waals surface area contributed by atoms with E-state index >= 15 is 0 Å². The summed E-state index contributed by atoms with van der Waals surface area (Å²) in [6, 6.07) is 10.4. The molecule has 2 rings (SSSR count). The number of rotatable bonds is 6. The lowest BCUT2D eigenvalue weighted by Crippen LogP contribution is -2.31. The van der Waals surface area contributed by atoms with Gasteiger partial charge in [0.05, 0.1) is 0 Å². The van der Waals surface area contributed by atoms with Crippen LogP contribution < -0.4 is 0 Å². The largest absolute Gasteiger partial charge is 0.152 e. The Balaban J connectivity index is 2.24. The van der Waals surface area contributed by atoms with Gasteiger partial charge < -0.3 is 0 Å². The van der Waals surface area contributed by atoms with Crippen molar-refractivity contribution in [3.63, 3.8) is 0 Å². The molecule has 1 aromatic carbocycles. The van der Waals surface area contributed by atoms with Crippen molar-refractivity contribution >= 4 is 54.8 Å². The molecule has 19 heavy (non-hydrogen) atoms. The Morgan fingerprint density at radius 1 is 1.11 bits per heavy atom. The third-order valence-electron chi connectivity index (χ3n) is 3.43. The van der Waals surface area contributed by atoms with Gasteiger partial charge in [0, 0.05) is 21.1 Å². The Hall–Kier alpha value is 0.170. The summed E-state index contributed by atoms with van der Waals surface area (Å²) >= 11 is 15.5. The molecule has 0 aliphatic heterocycles. The monoisotopic (exact) mass is 420 g/mol. The number of hydrogen-bond donors (Lipinski definition) is 0. The smallest absolute Gasteiger partial charge is 0.0444 e. The van der Waals surface area contributed by atoms with Crippen molar-refractivity contribution in [2.45, 2.75) is 18.3 Å². The van der Waals surface area contributed by atoms with Crippen LogP contribution in [-0.4, -0.2) is 10.7 Å². The molecule has 0 N–H and O–H groups in total. The molecule has 0 amide bonds. The minimum atomic E-state index is 0.0419. The van der Waals surface area contributed by atoms with Crippen LogP contribution >= 0.6 is 54.8 Å². The van der Waals surface area contributed by atoms with Crippen LogP contribution in [0.15, 0.2) is 41.1 Å². The molecule has 0 saturated heterocycles. The highest BCUT2D eigenvalue weighted by Gasteiger charge is 2.31. The van der Waals surface area contributed by atoms with Crippen molar-refractivity contribution in [3.8, 4) is 0 Å². The van der Waals surface area contributed by atoms with Crippen LogP contribution in [0.2, 0.25) is 5.02 Å². The molecule has 0 unspecified atom stereocenters. The van der Waals surface area contributed by atoms with Crippen molar-refractivity contribution < 1.29 is 0 Å². The highest BCUT2D eigenvalue weighted by Crippen LogP contribution is 2.37. The lowest BCUT2D eigenvalue weighted by molar-refractivity contribution is 0.505. The van der Waals surface area contributed by atoms with Crippen molar-refractivity contribution in [2.75, 3.05) is 10.7 Å². The van der Waals surface area contributed by atoms with E-state index in [9.17, 15) is 0 Å². The van der Waals surface area contributed by atoms with Gasteiger partial charge in [-0.05, 0) is 46.9 Å². The van der Waals surface area contributed by atoms with E-state index in [1.807, 2.05) is 12.1 Å². The molecule has 0 radical (unpaired) electrons. The van der Waals surface area contributed by atoms with Gasteiger partial charge in [0.1, 0.15) is 0 Å². The average Bonchev–Trinajstić information content (AvgIpc) is 2.95. The second-order valence-corrected chi connectivity index (χ2v) is 6.97. The Kier molecular flexibility index (Phi) is 5.94. The van der Waals surface area contributed by atoms with E-state index in [2.05, 4.69) is 60.8 Å². The lowest BCUT2D eigenvalue weighted by Gasteiger charge is -2.31. The number of aryl methyl sites for hydroxylation is 1. The van der Waals surface area contributed by atoms with Crippen LogP contribution in [0.3, 0.4) is 0 Å². The summed E-state index contributed by atoms with van der Waals surface area (Å²) in [6.07, 6.45) is 2.15. The van der Waals surface area contributed by atoms with Gasteiger partial charge in [-0.3, -0.25) is 0 Å². The van der Waals surface area contributed by atoms with E-state index in [1.165, 1.54) is 11.1 Å². The standard InChI is InChI=1S/C15H15Br2ClS/c16-10-15(11-17,7-5-12-6-8-19-9-12)13-3-1-2-4-14(13)18/h1-4,6,8-9H,5,7,10-11H2. The van der Waals surface area contributed by atoms with Crippen molar-refractivity contribution in [1.82, 2.24) is 0 Å². The highest BCUT2D eigenvalue weighted by molar-refractivity contribution is 9.09. The zero-order valence-electron chi connectivity index (χ0n) is 10.4. The molecule has 0 spiro atoms. The quantitative estimate of drug-likeness (QED) is 0.496. The maximum Gasteiger partial charge on any atom is 0.0444 e. The fourth-order valence-corrected chi connectivity index (χ4v) is 5.29. The molecular weight excluding hydrogens is 407 g/mol. The zero-order chi connectivity index (χ0) is 13.7. The molecule has 0 aliphatic rings. The molecule has 102 valence electrons. The van der Waals surface area contributed by atoms with Crippen molar-refractivity contribution in [2.24, 2.45) is 0 Å². The van der Waals surface area contributed by atoms with Gasteiger partial charge in [-0.2, -0.15) is 11.3 Å². The highest BCUT2D eigenvalue weighted by atomic mass is 79.9. The zero-order valence-corrected chi connectivity index (χ0v) is 15.2. The molecule has 1 aromatic heterocycles. The van der Waals surface area contributed by atoms with Crippen LogP contribution in [0.1, 0.15) is 17.5 Å². The molecule has 0 nitrogen and oxygen atoms in total. The van der Waals surface area contributed by atoms with E-state index < -0.39 is 0 Å². The minimum Gasteiger partial charge on any atom is -0.152 e. The third-order valence-corrected chi connectivity index (χ3v) is 6.64. The van der Waals surface area contributed by atoms with E-state index in [1.54, 1.807) is 11.3 Å². The van der Waals surface area contributed by atoms with Crippen molar-refractivity contribution in [1.29, 1.82) is 0 Å². The molecular formula is C15H15Br2ClS. The van der Waals surface area contributed by atoms with E-state index in [0.29, 0.717) is 0 Å². The summed E-state index contributed by atoms with van der Waals surface area (Å²) in [5.74, 6) is 0. The van der Waals surface area contributed by atoms with Gasteiger partial charge in [0.2, 0.25) is 0 Å². The first-order valence-electron chi connectivity index (χ1n) is 6.10. The topological polar surface area (TPSA) is 0 Å². The Bertz CT molecular complexity index is 507. The Morgan fingerprint density at radius 2 is 1.84 bits per heavy atom. The summed E-state index contributed by atoms with van der Waals surface area (Å²) in [5.41, 5.74) is 2.67. The van der Waals surface area contributed by atoms with Gasteiger partial charge in [-0.25, -0.2) is 0 Å². The second-order valence-electron chi connectivity index (χ2n) is 4.66. The molecule has 0 bridgehead atoms. The number of alkyl halides is 2. The lowest BCUT2D eigenvalue weighted by atomic mass is 9.79. The molecule has 0 atom stereocenters. The summed E-state index contributed by atoms with van der Waals surface area (Å²) in [7, 11) is 0. The first kappa shape index (κ1) is 15.6. The first-order chi connectivity index (χ1) is 9.22. The van der Waals surface area contributed by atoms with Crippen LogP contribution in [0, 0.1) is 0 Å². The number of benzene rings is 1. The molecule has 4 heteroatoms. The normalized spacial score (nSPS) is 11.7. The number of halogens is 3. The van der Waals surface area contributed by atoms with Crippen molar-refractivity contribution in [3.05, 3.63) is 57.2 Å². The average molecular weight is 423 g/mol. The van der Waals surface area contributed by atoms with E-state index in [4.69, 9.17) is 11.6 Å². The predicted molar refractivity (Wildman–Crippen MR) is 93.4 cm³/mol. The van der Waals surface area contributed by atoms with Gasteiger partial charge in [-0.1, -0.05) is 61.7 Å². The third kappa shape index (κ3) is 3.63. The molecule has 2 aromatic rings. The number of thiophene rings is 1.